The molecule has 0 fully saturated rings. The molecule has 0 aliphatic rings. The summed E-state index contributed by atoms with van der Waals surface area (Å²) in [6.45, 7) is 2.10. The summed E-state index contributed by atoms with van der Waals surface area (Å²) < 4.78 is 0. The zero-order chi connectivity index (χ0) is 8.97. The Morgan fingerprint density at radius 3 is 3.00 bits per heavy atom. The van der Waals surface area contributed by atoms with Crippen LogP contribution in [0.5, 0.6) is 0 Å². The van der Waals surface area contributed by atoms with E-state index in [1.807, 2.05) is 24.4 Å². The second-order valence-corrected chi connectivity index (χ2v) is 3.42. The van der Waals surface area contributed by atoms with Gasteiger partial charge in [0.25, 0.3) is 0 Å². The van der Waals surface area contributed by atoms with E-state index in [4.69, 9.17) is 5.73 Å². The maximum absolute atomic E-state index is 10.8. The Labute approximate surface area is 75.7 Å². The van der Waals surface area contributed by atoms with Crippen LogP contribution in [0, 0.1) is 6.92 Å². The molecule has 64 valence electrons. The lowest BCUT2D eigenvalue weighted by molar-refractivity contribution is -0.113. The molecule has 1 rings (SSSR count). The van der Waals surface area contributed by atoms with Gasteiger partial charge in [-0.1, -0.05) is 0 Å². The van der Waals surface area contributed by atoms with E-state index in [0.29, 0.717) is 0 Å². The van der Waals surface area contributed by atoms with Gasteiger partial charge in [-0.2, -0.15) is 0 Å². The summed E-state index contributed by atoms with van der Waals surface area (Å²) in [5.41, 5.74) is 6.35. The van der Waals surface area contributed by atoms with Gasteiger partial charge < -0.3 is 5.73 Å². The fourth-order valence-electron chi connectivity index (χ4n) is 0.792. The highest BCUT2D eigenvalue weighted by molar-refractivity contribution is 7.11. The molecule has 2 N–H and O–H groups in total. The molecule has 0 aliphatic heterocycles. The number of hydrogen-bond acceptors (Lipinski definition) is 3. The number of rotatable bonds is 3. The lowest BCUT2D eigenvalue weighted by atomic mass is 10.2. The molecule has 1 heterocycles. The number of thiophene rings is 1. The summed E-state index contributed by atoms with van der Waals surface area (Å²) >= 11 is 1.62. The number of aryl methyl sites for hydroxylation is 1. The predicted molar refractivity (Wildman–Crippen MR) is 52.2 cm³/mol. The molecule has 0 amide bonds. The SMILES string of the molecule is Cc1ccsc1/C=C/C(=O)CN. The van der Waals surface area contributed by atoms with Crippen LogP contribution in [0.2, 0.25) is 0 Å². The lowest BCUT2D eigenvalue weighted by Crippen LogP contribution is -2.09. The minimum atomic E-state index is -0.0391. The molecule has 0 spiro atoms. The number of carbonyl (C=O) groups excluding carboxylic acids is 1. The summed E-state index contributed by atoms with van der Waals surface area (Å²) in [5.74, 6) is -0.0391. The van der Waals surface area contributed by atoms with Crippen molar-refractivity contribution in [3.05, 3.63) is 28.0 Å². The van der Waals surface area contributed by atoms with Gasteiger partial charge in [-0.05, 0) is 36.1 Å². The van der Waals surface area contributed by atoms with E-state index in [1.54, 1.807) is 11.3 Å². The minimum Gasteiger partial charge on any atom is -0.324 e. The van der Waals surface area contributed by atoms with Crippen LogP contribution in [0.15, 0.2) is 17.5 Å². The summed E-state index contributed by atoms with van der Waals surface area (Å²) in [6, 6.07) is 2.03. The zero-order valence-corrected chi connectivity index (χ0v) is 7.73. The molecule has 0 saturated carbocycles. The Kier molecular flexibility index (Phi) is 3.19. The predicted octanol–water partition coefficient (Wildman–Crippen LogP) is 1.60. The maximum atomic E-state index is 10.8. The van der Waals surface area contributed by atoms with E-state index < -0.39 is 0 Å². The highest BCUT2D eigenvalue weighted by atomic mass is 32.1. The van der Waals surface area contributed by atoms with Gasteiger partial charge in [0.15, 0.2) is 5.78 Å². The van der Waals surface area contributed by atoms with Gasteiger partial charge in [0.1, 0.15) is 0 Å². The highest BCUT2D eigenvalue weighted by Gasteiger charge is 1.95. The van der Waals surface area contributed by atoms with Crippen LogP contribution in [0.3, 0.4) is 0 Å². The van der Waals surface area contributed by atoms with Gasteiger partial charge in [0.05, 0.1) is 6.54 Å². The van der Waals surface area contributed by atoms with Crippen LogP contribution in [0.4, 0.5) is 0 Å². The van der Waals surface area contributed by atoms with E-state index in [9.17, 15) is 4.79 Å². The molecule has 1 aromatic rings. The molecule has 0 bridgehead atoms. The van der Waals surface area contributed by atoms with Gasteiger partial charge in [-0.25, -0.2) is 0 Å². The van der Waals surface area contributed by atoms with Crippen LogP contribution >= 0.6 is 11.3 Å². The third-order valence-corrected chi connectivity index (χ3v) is 2.51. The summed E-state index contributed by atoms with van der Waals surface area (Å²) in [6.07, 6.45) is 3.34. The summed E-state index contributed by atoms with van der Waals surface area (Å²) in [4.78, 5) is 11.9. The van der Waals surface area contributed by atoms with Crippen molar-refractivity contribution in [2.24, 2.45) is 5.73 Å². The van der Waals surface area contributed by atoms with E-state index in [-0.39, 0.29) is 12.3 Å². The fraction of sp³-hybridized carbons (Fsp3) is 0.222. The van der Waals surface area contributed by atoms with Crippen LogP contribution in [-0.4, -0.2) is 12.3 Å². The molecule has 0 atom stereocenters. The molecule has 0 radical (unpaired) electrons. The van der Waals surface area contributed by atoms with Gasteiger partial charge in [0, 0.05) is 4.88 Å². The quantitative estimate of drug-likeness (QED) is 0.720. The smallest absolute Gasteiger partial charge is 0.169 e. The van der Waals surface area contributed by atoms with Crippen LogP contribution in [0.1, 0.15) is 10.4 Å². The second-order valence-electron chi connectivity index (χ2n) is 2.47. The Morgan fingerprint density at radius 1 is 1.75 bits per heavy atom. The number of carbonyl (C=O) groups is 1. The Bertz CT molecular complexity index is 301. The molecule has 2 nitrogen and oxygen atoms in total. The molecule has 0 saturated heterocycles. The van der Waals surface area contributed by atoms with Crippen LogP contribution in [0.25, 0.3) is 6.08 Å². The first-order valence-electron chi connectivity index (χ1n) is 3.69. The van der Waals surface area contributed by atoms with Crippen molar-refractivity contribution in [2.75, 3.05) is 6.54 Å². The fourth-order valence-corrected chi connectivity index (χ4v) is 1.61. The Morgan fingerprint density at radius 2 is 2.50 bits per heavy atom. The molecule has 1 aromatic heterocycles. The molecule has 0 unspecified atom stereocenters. The van der Waals surface area contributed by atoms with Crippen LogP contribution < -0.4 is 5.73 Å². The third-order valence-electron chi connectivity index (χ3n) is 1.52. The highest BCUT2D eigenvalue weighted by Crippen LogP contribution is 2.16. The first kappa shape index (κ1) is 9.16. The second kappa shape index (κ2) is 4.18. The van der Waals surface area contributed by atoms with Crippen molar-refractivity contribution in [2.45, 2.75) is 6.92 Å². The first-order chi connectivity index (χ1) is 5.74. The van der Waals surface area contributed by atoms with Gasteiger partial charge in [-0.15, -0.1) is 11.3 Å². The van der Waals surface area contributed by atoms with Crippen molar-refractivity contribution in [3.8, 4) is 0 Å². The monoisotopic (exact) mass is 181 g/mol. The minimum absolute atomic E-state index is 0.0391. The molecular weight excluding hydrogens is 170 g/mol. The normalized spacial score (nSPS) is 10.8. The molecular formula is C9H11NOS. The Hall–Kier alpha value is -0.930. The molecule has 0 aromatic carbocycles. The molecule has 3 heteroatoms. The van der Waals surface area contributed by atoms with Gasteiger partial charge in [0.2, 0.25) is 0 Å². The Balaban J connectivity index is 2.69. The zero-order valence-electron chi connectivity index (χ0n) is 6.91. The van der Waals surface area contributed by atoms with E-state index in [2.05, 4.69) is 0 Å². The summed E-state index contributed by atoms with van der Waals surface area (Å²) in [7, 11) is 0. The van der Waals surface area contributed by atoms with Crippen molar-refractivity contribution in [1.82, 2.24) is 0 Å². The van der Waals surface area contributed by atoms with Crippen molar-refractivity contribution in [1.29, 1.82) is 0 Å². The summed E-state index contributed by atoms with van der Waals surface area (Å²) in [5, 5.41) is 2.00. The maximum Gasteiger partial charge on any atom is 0.169 e. The standard InChI is InChI=1S/C9H11NOS/c1-7-4-5-12-9(7)3-2-8(11)6-10/h2-5H,6,10H2,1H3/b3-2+. The lowest BCUT2D eigenvalue weighted by Gasteiger charge is -1.88. The number of ketones is 1. The van der Waals surface area contributed by atoms with Gasteiger partial charge >= 0.3 is 0 Å². The van der Waals surface area contributed by atoms with Gasteiger partial charge in [-0.3, -0.25) is 4.79 Å². The van der Waals surface area contributed by atoms with E-state index in [0.717, 1.165) is 4.88 Å². The average molecular weight is 181 g/mol. The largest absolute Gasteiger partial charge is 0.324 e. The van der Waals surface area contributed by atoms with E-state index in [1.165, 1.54) is 11.6 Å². The number of nitrogens with two attached hydrogens (primary N) is 1. The molecule has 0 aliphatic carbocycles. The topological polar surface area (TPSA) is 43.1 Å². The van der Waals surface area contributed by atoms with E-state index >= 15 is 0 Å². The number of hydrogen-bond donors (Lipinski definition) is 1. The average Bonchev–Trinajstić information content (AvgIpc) is 2.47. The van der Waals surface area contributed by atoms with Crippen molar-refractivity contribution < 1.29 is 4.79 Å². The van der Waals surface area contributed by atoms with Crippen LogP contribution in [-0.2, 0) is 4.79 Å². The van der Waals surface area contributed by atoms with Crippen molar-refractivity contribution in [3.63, 3.8) is 0 Å². The first-order valence-corrected chi connectivity index (χ1v) is 4.57. The molecule has 12 heavy (non-hydrogen) atoms. The third kappa shape index (κ3) is 2.29. The van der Waals surface area contributed by atoms with Crippen molar-refractivity contribution >= 4 is 23.2 Å².